The van der Waals surface area contributed by atoms with Gasteiger partial charge < -0.3 is 4.98 Å². The summed E-state index contributed by atoms with van der Waals surface area (Å²) in [5.41, 5.74) is 3.66. The number of aromatic amines is 1. The lowest BCUT2D eigenvalue weighted by molar-refractivity contribution is -0.141. The fraction of sp³-hybridized carbons (Fsp3) is 0.190. The Hall–Kier alpha value is -2.93. The van der Waals surface area contributed by atoms with Crippen molar-refractivity contribution in [2.24, 2.45) is 0 Å². The van der Waals surface area contributed by atoms with E-state index in [1.54, 1.807) is 6.20 Å². The third-order valence-electron chi connectivity index (χ3n) is 4.65. The van der Waals surface area contributed by atoms with E-state index in [2.05, 4.69) is 19.9 Å². The minimum absolute atomic E-state index is 0.574. The summed E-state index contributed by atoms with van der Waals surface area (Å²) in [4.78, 5) is 15.4. The Morgan fingerprint density at radius 3 is 2.38 bits per heavy atom. The third-order valence-corrected chi connectivity index (χ3v) is 4.86. The number of hydrogen-bond acceptors (Lipinski definition) is 3. The number of rotatable bonds is 5. The molecular weight excluding hydrogens is 401 g/mol. The average molecular weight is 417 g/mol. The first kappa shape index (κ1) is 19.4. The molecular formula is C21H16ClF3N4. The van der Waals surface area contributed by atoms with Crippen molar-refractivity contribution in [1.29, 1.82) is 0 Å². The first-order chi connectivity index (χ1) is 13.9. The number of nitrogens with zero attached hydrogens (tertiary/aromatic N) is 3. The van der Waals surface area contributed by atoms with E-state index in [1.807, 2.05) is 30.6 Å². The number of pyridine rings is 3. The van der Waals surface area contributed by atoms with Gasteiger partial charge in [-0.3, -0.25) is 9.97 Å². The molecule has 4 heterocycles. The standard InChI is InChI=1S/C21H16ClF3N4/c22-16-8-18-15(11-28-20(18)29-12-16)7-14-2-5-17(26-10-14)4-1-13-3-6-19(27-9-13)21(23,24)25/h2-3,5-6,8-12H,1,4,7H2,(H,28,29). The molecule has 0 aliphatic carbocycles. The van der Waals surface area contributed by atoms with E-state index in [1.165, 1.54) is 12.3 Å². The van der Waals surface area contributed by atoms with E-state index in [0.29, 0.717) is 24.3 Å². The normalized spacial score (nSPS) is 11.9. The molecule has 0 unspecified atom stereocenters. The number of H-pyrrole nitrogens is 1. The molecule has 0 amide bonds. The van der Waals surface area contributed by atoms with Crippen molar-refractivity contribution in [3.63, 3.8) is 0 Å². The van der Waals surface area contributed by atoms with Crippen LogP contribution in [0.5, 0.6) is 0 Å². The van der Waals surface area contributed by atoms with Crippen LogP contribution in [0.15, 0.2) is 55.1 Å². The van der Waals surface area contributed by atoms with Gasteiger partial charge in [0.15, 0.2) is 0 Å². The highest BCUT2D eigenvalue weighted by Gasteiger charge is 2.31. The van der Waals surface area contributed by atoms with Crippen molar-refractivity contribution in [2.45, 2.75) is 25.4 Å². The van der Waals surface area contributed by atoms with Gasteiger partial charge in [0.05, 0.1) is 5.02 Å². The van der Waals surface area contributed by atoms with Crippen LogP contribution in [0.25, 0.3) is 11.0 Å². The van der Waals surface area contributed by atoms with E-state index >= 15 is 0 Å². The topological polar surface area (TPSA) is 54.5 Å². The maximum absolute atomic E-state index is 12.6. The molecule has 4 aromatic heterocycles. The van der Waals surface area contributed by atoms with E-state index in [4.69, 9.17) is 11.6 Å². The van der Waals surface area contributed by atoms with E-state index in [-0.39, 0.29) is 0 Å². The lowest BCUT2D eigenvalue weighted by atomic mass is 10.1. The molecule has 4 nitrogen and oxygen atoms in total. The summed E-state index contributed by atoms with van der Waals surface area (Å²) in [6.07, 6.45) is 4.08. The highest BCUT2D eigenvalue weighted by atomic mass is 35.5. The quantitative estimate of drug-likeness (QED) is 0.474. The van der Waals surface area contributed by atoms with Gasteiger partial charge >= 0.3 is 6.18 Å². The Morgan fingerprint density at radius 1 is 0.897 bits per heavy atom. The second kappa shape index (κ2) is 7.83. The smallest absolute Gasteiger partial charge is 0.346 e. The zero-order valence-electron chi connectivity index (χ0n) is 15.2. The Morgan fingerprint density at radius 2 is 1.69 bits per heavy atom. The summed E-state index contributed by atoms with van der Waals surface area (Å²) in [6.45, 7) is 0. The van der Waals surface area contributed by atoms with Crippen molar-refractivity contribution in [1.82, 2.24) is 19.9 Å². The van der Waals surface area contributed by atoms with E-state index in [9.17, 15) is 13.2 Å². The maximum atomic E-state index is 12.6. The summed E-state index contributed by atoms with van der Waals surface area (Å²) in [7, 11) is 0. The van der Waals surface area contributed by atoms with Gasteiger partial charge in [-0.2, -0.15) is 13.2 Å². The van der Waals surface area contributed by atoms with Gasteiger partial charge in [-0.15, -0.1) is 0 Å². The van der Waals surface area contributed by atoms with Crippen LogP contribution in [-0.4, -0.2) is 19.9 Å². The van der Waals surface area contributed by atoms with Gasteiger partial charge in [0.1, 0.15) is 11.3 Å². The number of hydrogen-bond donors (Lipinski definition) is 1. The van der Waals surface area contributed by atoms with Gasteiger partial charge in [-0.25, -0.2) is 4.98 Å². The summed E-state index contributed by atoms with van der Waals surface area (Å²) < 4.78 is 37.7. The summed E-state index contributed by atoms with van der Waals surface area (Å²) in [5.74, 6) is 0. The van der Waals surface area contributed by atoms with Crippen LogP contribution >= 0.6 is 11.6 Å². The van der Waals surface area contributed by atoms with Crippen LogP contribution < -0.4 is 0 Å². The Bertz CT molecular complexity index is 1120. The van der Waals surface area contributed by atoms with Gasteiger partial charge in [-0.1, -0.05) is 23.7 Å². The largest absolute Gasteiger partial charge is 0.433 e. The minimum atomic E-state index is -4.41. The monoisotopic (exact) mass is 416 g/mol. The maximum Gasteiger partial charge on any atom is 0.433 e. The minimum Gasteiger partial charge on any atom is -0.346 e. The predicted molar refractivity (Wildman–Crippen MR) is 105 cm³/mol. The molecule has 0 radical (unpaired) electrons. The predicted octanol–water partition coefficient (Wildman–Crippen LogP) is 5.40. The Kier molecular flexibility index (Phi) is 5.24. The fourth-order valence-electron chi connectivity index (χ4n) is 3.12. The molecule has 8 heteroatoms. The van der Waals surface area contributed by atoms with Crippen LogP contribution in [0.3, 0.4) is 0 Å². The summed E-state index contributed by atoms with van der Waals surface area (Å²) in [6, 6.07) is 8.29. The first-order valence-electron chi connectivity index (χ1n) is 8.96. The average Bonchev–Trinajstić information content (AvgIpc) is 3.09. The fourth-order valence-corrected chi connectivity index (χ4v) is 3.28. The number of aromatic nitrogens is 4. The molecule has 0 fully saturated rings. The second-order valence-electron chi connectivity index (χ2n) is 6.75. The first-order valence-corrected chi connectivity index (χ1v) is 9.34. The molecule has 1 N–H and O–H groups in total. The van der Waals surface area contributed by atoms with Gasteiger partial charge in [-0.05, 0) is 47.7 Å². The second-order valence-corrected chi connectivity index (χ2v) is 7.18. The van der Waals surface area contributed by atoms with Gasteiger partial charge in [0, 0.05) is 42.3 Å². The highest BCUT2D eigenvalue weighted by Crippen LogP contribution is 2.27. The Balaban J connectivity index is 1.39. The molecule has 0 aliphatic rings. The van der Waals surface area contributed by atoms with Crippen LogP contribution in [-0.2, 0) is 25.4 Å². The van der Waals surface area contributed by atoms with E-state index in [0.717, 1.165) is 39.5 Å². The molecule has 0 atom stereocenters. The molecule has 4 aromatic rings. The molecule has 29 heavy (non-hydrogen) atoms. The lowest BCUT2D eigenvalue weighted by Gasteiger charge is -2.07. The SMILES string of the molecule is FC(F)(F)c1ccc(CCc2ccc(Cc3c[nH]c4ncc(Cl)cc34)cn2)cn1. The number of alkyl halides is 3. The van der Waals surface area contributed by atoms with E-state index < -0.39 is 11.9 Å². The molecule has 4 rings (SSSR count). The zero-order chi connectivity index (χ0) is 20.4. The van der Waals surface area contributed by atoms with Crippen molar-refractivity contribution in [3.8, 4) is 0 Å². The van der Waals surface area contributed by atoms with Crippen LogP contribution in [0.1, 0.15) is 28.1 Å². The molecule has 0 spiro atoms. The number of aryl methyl sites for hydroxylation is 2. The number of nitrogens with one attached hydrogen (secondary N) is 1. The third kappa shape index (κ3) is 4.56. The van der Waals surface area contributed by atoms with Crippen LogP contribution in [0, 0.1) is 0 Å². The number of fused-ring (bicyclic) bond motifs is 1. The van der Waals surface area contributed by atoms with Crippen molar-refractivity contribution in [2.75, 3.05) is 0 Å². The molecule has 0 bridgehead atoms. The molecule has 0 saturated heterocycles. The van der Waals surface area contributed by atoms with Crippen molar-refractivity contribution < 1.29 is 13.2 Å². The molecule has 0 saturated carbocycles. The van der Waals surface area contributed by atoms with Gasteiger partial charge in [0.25, 0.3) is 0 Å². The summed E-state index contributed by atoms with van der Waals surface area (Å²) >= 11 is 6.04. The van der Waals surface area contributed by atoms with Gasteiger partial charge in [0.2, 0.25) is 0 Å². The van der Waals surface area contributed by atoms with Crippen molar-refractivity contribution in [3.05, 3.63) is 88.2 Å². The lowest BCUT2D eigenvalue weighted by Crippen LogP contribution is -2.07. The molecule has 148 valence electrons. The molecule has 0 aromatic carbocycles. The highest BCUT2D eigenvalue weighted by molar-refractivity contribution is 6.31. The van der Waals surface area contributed by atoms with Crippen LogP contribution in [0.4, 0.5) is 13.2 Å². The Labute approximate surface area is 169 Å². The molecule has 0 aliphatic heterocycles. The van der Waals surface area contributed by atoms with Crippen LogP contribution in [0.2, 0.25) is 5.02 Å². The zero-order valence-corrected chi connectivity index (χ0v) is 15.9. The summed E-state index contributed by atoms with van der Waals surface area (Å²) in [5, 5.41) is 1.57. The number of halogens is 4. The van der Waals surface area contributed by atoms with Crippen molar-refractivity contribution >= 4 is 22.6 Å².